The van der Waals surface area contributed by atoms with Gasteiger partial charge in [-0.2, -0.15) is 0 Å². The standard InChI is InChI=1S/C20H29N3O2/c1-5-25-19(24)18-13-14-12-16(6-7-17(14)22-18)23(20(2,3)4)15-8-10-21-11-9-15/h6-7,12-13,15,21-22H,5,8-11H2,1-4H3. The Morgan fingerprint density at radius 2 is 1.96 bits per heavy atom. The highest BCUT2D eigenvalue weighted by Gasteiger charge is 2.30. The second-order valence-electron chi connectivity index (χ2n) is 7.70. The fraction of sp³-hybridized carbons (Fsp3) is 0.550. The summed E-state index contributed by atoms with van der Waals surface area (Å²) < 4.78 is 5.10. The van der Waals surface area contributed by atoms with Gasteiger partial charge in [0.25, 0.3) is 0 Å². The number of carbonyl (C=O) groups is 1. The average molecular weight is 343 g/mol. The minimum Gasteiger partial charge on any atom is -0.461 e. The first-order chi connectivity index (χ1) is 11.9. The monoisotopic (exact) mass is 343 g/mol. The summed E-state index contributed by atoms with van der Waals surface area (Å²) in [5, 5.41) is 4.49. The Hall–Kier alpha value is -2.01. The van der Waals surface area contributed by atoms with Crippen molar-refractivity contribution < 1.29 is 9.53 Å². The lowest BCUT2D eigenvalue weighted by molar-refractivity contribution is 0.0520. The number of esters is 1. The Labute approximate surface area is 149 Å². The number of nitrogens with zero attached hydrogens (tertiary/aromatic N) is 1. The van der Waals surface area contributed by atoms with E-state index < -0.39 is 0 Å². The van der Waals surface area contributed by atoms with E-state index in [9.17, 15) is 4.79 Å². The Kier molecular flexibility index (Phi) is 5.04. The van der Waals surface area contributed by atoms with Gasteiger partial charge in [-0.15, -0.1) is 0 Å². The molecule has 0 spiro atoms. The van der Waals surface area contributed by atoms with Crippen LogP contribution in [0.3, 0.4) is 0 Å². The maximum Gasteiger partial charge on any atom is 0.354 e. The van der Waals surface area contributed by atoms with E-state index in [-0.39, 0.29) is 11.5 Å². The summed E-state index contributed by atoms with van der Waals surface area (Å²) in [7, 11) is 0. The van der Waals surface area contributed by atoms with Crippen molar-refractivity contribution in [2.45, 2.75) is 52.1 Å². The number of nitrogens with one attached hydrogen (secondary N) is 2. The van der Waals surface area contributed by atoms with E-state index >= 15 is 0 Å². The normalized spacial score (nSPS) is 16.2. The van der Waals surface area contributed by atoms with Crippen LogP contribution in [0.4, 0.5) is 5.69 Å². The van der Waals surface area contributed by atoms with Gasteiger partial charge >= 0.3 is 5.97 Å². The summed E-state index contributed by atoms with van der Waals surface area (Å²) in [6, 6.07) is 8.82. The van der Waals surface area contributed by atoms with Gasteiger partial charge in [0.05, 0.1) is 6.61 Å². The SMILES string of the molecule is CCOC(=O)c1cc2cc(N(C3CCNCC3)C(C)(C)C)ccc2[nH]1. The number of benzene rings is 1. The van der Waals surface area contributed by atoms with Crippen molar-refractivity contribution >= 4 is 22.6 Å². The number of anilines is 1. The minimum absolute atomic E-state index is 0.0377. The van der Waals surface area contributed by atoms with Crippen LogP contribution in [0.2, 0.25) is 0 Å². The third kappa shape index (κ3) is 3.82. The number of aromatic amines is 1. The molecule has 25 heavy (non-hydrogen) atoms. The summed E-state index contributed by atoms with van der Waals surface area (Å²) in [6.07, 6.45) is 2.30. The summed E-state index contributed by atoms with van der Waals surface area (Å²) >= 11 is 0. The van der Waals surface area contributed by atoms with Gasteiger partial charge in [0.2, 0.25) is 0 Å². The molecule has 0 atom stereocenters. The van der Waals surface area contributed by atoms with Gasteiger partial charge < -0.3 is 19.9 Å². The third-order valence-electron chi connectivity index (χ3n) is 4.77. The molecule has 0 saturated carbocycles. The number of H-pyrrole nitrogens is 1. The number of rotatable bonds is 4. The summed E-state index contributed by atoms with van der Waals surface area (Å²) in [5.74, 6) is -0.300. The van der Waals surface area contributed by atoms with Gasteiger partial charge in [-0.05, 0) is 77.9 Å². The molecule has 2 aromatic rings. The van der Waals surface area contributed by atoms with Crippen molar-refractivity contribution in [2.75, 3.05) is 24.6 Å². The first kappa shape index (κ1) is 17.8. The van der Waals surface area contributed by atoms with Crippen LogP contribution < -0.4 is 10.2 Å². The van der Waals surface area contributed by atoms with Crippen LogP contribution in [-0.2, 0) is 4.74 Å². The van der Waals surface area contributed by atoms with E-state index in [2.05, 4.69) is 54.2 Å². The van der Waals surface area contributed by atoms with Gasteiger partial charge in [0.1, 0.15) is 5.69 Å². The Bertz CT molecular complexity index is 739. The number of carbonyl (C=O) groups excluding carboxylic acids is 1. The lowest BCUT2D eigenvalue weighted by Crippen LogP contribution is -2.52. The van der Waals surface area contributed by atoms with Crippen LogP contribution >= 0.6 is 0 Å². The predicted octanol–water partition coefficient (Wildman–Crippen LogP) is 3.70. The van der Waals surface area contributed by atoms with Gasteiger partial charge in [0.15, 0.2) is 0 Å². The topological polar surface area (TPSA) is 57.4 Å². The number of hydrogen-bond donors (Lipinski definition) is 2. The maximum atomic E-state index is 12.0. The molecular weight excluding hydrogens is 314 g/mol. The fourth-order valence-corrected chi connectivity index (χ4v) is 3.80. The second-order valence-corrected chi connectivity index (χ2v) is 7.70. The van der Waals surface area contributed by atoms with Crippen molar-refractivity contribution in [1.82, 2.24) is 10.3 Å². The molecule has 0 amide bonds. The molecule has 1 aliphatic rings. The highest BCUT2D eigenvalue weighted by atomic mass is 16.5. The number of ether oxygens (including phenoxy) is 1. The van der Waals surface area contributed by atoms with Crippen molar-refractivity contribution in [1.29, 1.82) is 0 Å². The van der Waals surface area contributed by atoms with Crippen LogP contribution in [0.5, 0.6) is 0 Å². The van der Waals surface area contributed by atoms with E-state index in [1.165, 1.54) is 5.69 Å². The molecule has 1 aromatic heterocycles. The minimum atomic E-state index is -0.300. The molecule has 0 bridgehead atoms. The van der Waals surface area contributed by atoms with Gasteiger partial charge in [-0.25, -0.2) is 4.79 Å². The molecule has 0 unspecified atom stereocenters. The fourth-order valence-electron chi connectivity index (χ4n) is 3.80. The van der Waals surface area contributed by atoms with E-state index in [1.54, 1.807) is 0 Å². The molecule has 5 nitrogen and oxygen atoms in total. The molecule has 1 fully saturated rings. The highest BCUT2D eigenvalue weighted by molar-refractivity contribution is 5.95. The predicted molar refractivity (Wildman–Crippen MR) is 102 cm³/mol. The maximum absolute atomic E-state index is 12.0. The van der Waals surface area contributed by atoms with E-state index in [4.69, 9.17) is 4.74 Å². The zero-order chi connectivity index (χ0) is 18.0. The van der Waals surface area contributed by atoms with Crippen molar-refractivity contribution in [2.24, 2.45) is 0 Å². The van der Waals surface area contributed by atoms with Gasteiger partial charge in [-0.3, -0.25) is 0 Å². The quantitative estimate of drug-likeness (QED) is 0.831. The molecule has 1 aliphatic heterocycles. The molecule has 1 aromatic carbocycles. The average Bonchev–Trinajstić information content (AvgIpc) is 2.98. The van der Waals surface area contributed by atoms with E-state index in [0.29, 0.717) is 18.3 Å². The number of fused-ring (bicyclic) bond motifs is 1. The molecule has 0 radical (unpaired) electrons. The van der Waals surface area contributed by atoms with Crippen molar-refractivity contribution in [3.05, 3.63) is 30.0 Å². The van der Waals surface area contributed by atoms with Crippen LogP contribution in [0.15, 0.2) is 24.3 Å². The van der Waals surface area contributed by atoms with Crippen LogP contribution in [0.25, 0.3) is 10.9 Å². The first-order valence-corrected chi connectivity index (χ1v) is 9.20. The molecule has 0 aliphatic carbocycles. The lowest BCUT2D eigenvalue weighted by Gasteiger charge is -2.45. The number of hydrogen-bond acceptors (Lipinski definition) is 4. The van der Waals surface area contributed by atoms with Gasteiger partial charge in [0, 0.05) is 28.2 Å². The zero-order valence-corrected chi connectivity index (χ0v) is 15.7. The van der Waals surface area contributed by atoms with Crippen molar-refractivity contribution in [3.8, 4) is 0 Å². The van der Waals surface area contributed by atoms with Crippen LogP contribution in [0, 0.1) is 0 Å². The Morgan fingerprint density at radius 3 is 2.60 bits per heavy atom. The largest absolute Gasteiger partial charge is 0.461 e. The molecule has 5 heteroatoms. The lowest BCUT2D eigenvalue weighted by atomic mass is 9.95. The zero-order valence-electron chi connectivity index (χ0n) is 15.7. The van der Waals surface area contributed by atoms with Gasteiger partial charge in [-0.1, -0.05) is 0 Å². The number of piperidine rings is 1. The molecule has 136 valence electrons. The molecule has 3 rings (SSSR count). The Balaban J connectivity index is 1.96. The smallest absolute Gasteiger partial charge is 0.354 e. The third-order valence-corrected chi connectivity index (χ3v) is 4.77. The summed E-state index contributed by atoms with van der Waals surface area (Å²) in [6.45, 7) is 11.1. The van der Waals surface area contributed by atoms with E-state index in [0.717, 1.165) is 36.8 Å². The van der Waals surface area contributed by atoms with E-state index in [1.807, 2.05) is 13.0 Å². The van der Waals surface area contributed by atoms with Crippen LogP contribution in [-0.4, -0.2) is 42.2 Å². The molecule has 2 heterocycles. The number of aromatic nitrogens is 1. The first-order valence-electron chi connectivity index (χ1n) is 9.20. The molecule has 2 N–H and O–H groups in total. The van der Waals surface area contributed by atoms with Crippen molar-refractivity contribution in [3.63, 3.8) is 0 Å². The summed E-state index contributed by atoms with van der Waals surface area (Å²) in [4.78, 5) is 17.7. The summed E-state index contributed by atoms with van der Waals surface area (Å²) in [5.41, 5.74) is 2.72. The molecular formula is C20H29N3O2. The Morgan fingerprint density at radius 1 is 1.24 bits per heavy atom. The second kappa shape index (κ2) is 7.08. The highest BCUT2D eigenvalue weighted by Crippen LogP contribution is 2.32. The molecule has 1 saturated heterocycles. The van der Waals surface area contributed by atoms with Crippen LogP contribution in [0.1, 0.15) is 51.0 Å².